The van der Waals surface area contributed by atoms with E-state index in [0.717, 1.165) is 0 Å². The Kier molecular flexibility index (Phi) is 3.63. The van der Waals surface area contributed by atoms with Crippen molar-refractivity contribution in [3.63, 3.8) is 0 Å². The van der Waals surface area contributed by atoms with Crippen LogP contribution in [-0.4, -0.2) is 17.4 Å². The number of benzene rings is 1. The summed E-state index contributed by atoms with van der Waals surface area (Å²) >= 11 is 5.80. The van der Waals surface area contributed by atoms with Crippen molar-refractivity contribution in [1.82, 2.24) is 5.32 Å². The van der Waals surface area contributed by atoms with E-state index in [1.807, 2.05) is 0 Å². The molecule has 0 radical (unpaired) electrons. The SMILES string of the molecule is CC(C)(NC(=O)c1ccc(N)c(Cl)c1)C(N)=O. The summed E-state index contributed by atoms with van der Waals surface area (Å²) in [5.74, 6) is -1.05. The lowest BCUT2D eigenvalue weighted by molar-refractivity contribution is -0.122. The molecule has 1 rings (SSSR count). The van der Waals surface area contributed by atoms with Crippen LogP contribution >= 0.6 is 11.6 Å². The van der Waals surface area contributed by atoms with Crippen LogP contribution in [0.5, 0.6) is 0 Å². The molecule has 0 aliphatic rings. The van der Waals surface area contributed by atoms with E-state index in [1.165, 1.54) is 32.0 Å². The topological polar surface area (TPSA) is 98.2 Å². The Morgan fingerprint density at radius 1 is 1.35 bits per heavy atom. The van der Waals surface area contributed by atoms with Crippen molar-refractivity contribution in [3.8, 4) is 0 Å². The summed E-state index contributed by atoms with van der Waals surface area (Å²) < 4.78 is 0. The smallest absolute Gasteiger partial charge is 0.252 e. The first kappa shape index (κ1) is 13.3. The zero-order valence-corrected chi connectivity index (χ0v) is 10.3. The third-order valence-electron chi connectivity index (χ3n) is 2.30. The Balaban J connectivity index is 2.91. The largest absolute Gasteiger partial charge is 0.398 e. The van der Waals surface area contributed by atoms with Gasteiger partial charge in [-0.1, -0.05) is 11.6 Å². The van der Waals surface area contributed by atoms with E-state index in [-0.39, 0.29) is 5.02 Å². The molecule has 0 aliphatic heterocycles. The minimum Gasteiger partial charge on any atom is -0.398 e. The molecule has 0 atom stereocenters. The third-order valence-corrected chi connectivity index (χ3v) is 2.63. The minimum absolute atomic E-state index is 0.287. The van der Waals surface area contributed by atoms with Gasteiger partial charge < -0.3 is 16.8 Å². The van der Waals surface area contributed by atoms with Crippen LogP contribution in [0.4, 0.5) is 5.69 Å². The molecule has 0 spiro atoms. The Labute approximate surface area is 104 Å². The molecule has 1 aromatic rings. The highest BCUT2D eigenvalue weighted by Crippen LogP contribution is 2.19. The monoisotopic (exact) mass is 255 g/mol. The van der Waals surface area contributed by atoms with E-state index in [4.69, 9.17) is 23.1 Å². The van der Waals surface area contributed by atoms with Gasteiger partial charge in [0, 0.05) is 5.56 Å². The summed E-state index contributed by atoms with van der Waals surface area (Å²) in [4.78, 5) is 22.9. The van der Waals surface area contributed by atoms with Crippen molar-refractivity contribution in [2.24, 2.45) is 5.73 Å². The Bertz CT molecular complexity index is 472. The van der Waals surface area contributed by atoms with E-state index in [9.17, 15) is 9.59 Å². The predicted molar refractivity (Wildman–Crippen MR) is 66.6 cm³/mol. The number of carbonyl (C=O) groups is 2. The molecule has 0 bridgehead atoms. The van der Waals surface area contributed by atoms with E-state index in [0.29, 0.717) is 11.3 Å². The first-order valence-corrected chi connectivity index (χ1v) is 5.29. The van der Waals surface area contributed by atoms with Crippen LogP contribution in [0, 0.1) is 0 Å². The fourth-order valence-electron chi connectivity index (χ4n) is 1.09. The molecule has 92 valence electrons. The van der Waals surface area contributed by atoms with Crippen molar-refractivity contribution in [2.45, 2.75) is 19.4 Å². The van der Waals surface area contributed by atoms with Gasteiger partial charge in [0.15, 0.2) is 0 Å². The molecular formula is C11H14ClN3O2. The lowest BCUT2D eigenvalue weighted by Gasteiger charge is -2.22. The van der Waals surface area contributed by atoms with Crippen LogP contribution in [-0.2, 0) is 4.79 Å². The summed E-state index contributed by atoms with van der Waals surface area (Å²) in [5, 5.41) is 2.79. The van der Waals surface area contributed by atoms with E-state index in [1.54, 1.807) is 0 Å². The van der Waals surface area contributed by atoms with Crippen molar-refractivity contribution < 1.29 is 9.59 Å². The van der Waals surface area contributed by atoms with Gasteiger partial charge in [-0.2, -0.15) is 0 Å². The maximum absolute atomic E-state index is 11.8. The average molecular weight is 256 g/mol. The van der Waals surface area contributed by atoms with Gasteiger partial charge in [-0.05, 0) is 32.0 Å². The van der Waals surface area contributed by atoms with E-state index in [2.05, 4.69) is 5.32 Å². The van der Waals surface area contributed by atoms with Gasteiger partial charge in [0.1, 0.15) is 5.54 Å². The molecule has 0 aromatic heterocycles. The molecule has 0 fully saturated rings. The first-order chi connectivity index (χ1) is 7.74. The Morgan fingerprint density at radius 3 is 2.41 bits per heavy atom. The molecule has 5 nitrogen and oxygen atoms in total. The molecule has 5 N–H and O–H groups in total. The number of anilines is 1. The van der Waals surface area contributed by atoms with Gasteiger partial charge in [0.05, 0.1) is 10.7 Å². The molecule has 1 aromatic carbocycles. The van der Waals surface area contributed by atoms with Crippen molar-refractivity contribution in [2.75, 3.05) is 5.73 Å². The maximum atomic E-state index is 11.8. The number of hydrogen-bond donors (Lipinski definition) is 3. The second kappa shape index (κ2) is 4.63. The first-order valence-electron chi connectivity index (χ1n) is 4.91. The number of nitrogen functional groups attached to an aromatic ring is 1. The highest BCUT2D eigenvalue weighted by molar-refractivity contribution is 6.33. The zero-order chi connectivity index (χ0) is 13.2. The number of nitrogens with one attached hydrogen (secondary N) is 1. The van der Waals surface area contributed by atoms with Gasteiger partial charge in [0.25, 0.3) is 5.91 Å². The summed E-state index contributed by atoms with van der Waals surface area (Å²) in [6, 6.07) is 4.48. The molecule has 6 heteroatoms. The summed E-state index contributed by atoms with van der Waals surface area (Å²) in [6.45, 7) is 3.04. The average Bonchev–Trinajstić information content (AvgIpc) is 2.21. The molecule has 0 heterocycles. The van der Waals surface area contributed by atoms with Crippen LogP contribution in [0.3, 0.4) is 0 Å². The molecule has 0 unspecified atom stereocenters. The highest BCUT2D eigenvalue weighted by atomic mass is 35.5. The normalized spacial score (nSPS) is 11.0. The number of rotatable bonds is 3. The minimum atomic E-state index is -1.12. The van der Waals surface area contributed by atoms with Gasteiger partial charge in [-0.3, -0.25) is 9.59 Å². The van der Waals surface area contributed by atoms with Crippen molar-refractivity contribution >= 4 is 29.1 Å². The van der Waals surface area contributed by atoms with Crippen LogP contribution < -0.4 is 16.8 Å². The van der Waals surface area contributed by atoms with Gasteiger partial charge in [0.2, 0.25) is 5.91 Å². The fraction of sp³-hybridized carbons (Fsp3) is 0.273. The fourth-order valence-corrected chi connectivity index (χ4v) is 1.27. The quantitative estimate of drug-likeness (QED) is 0.701. The van der Waals surface area contributed by atoms with Gasteiger partial charge >= 0.3 is 0 Å². The molecule has 0 saturated carbocycles. The number of hydrogen-bond acceptors (Lipinski definition) is 3. The lowest BCUT2D eigenvalue weighted by Crippen LogP contribution is -2.53. The Morgan fingerprint density at radius 2 is 1.94 bits per heavy atom. The second-order valence-electron chi connectivity index (χ2n) is 4.18. The van der Waals surface area contributed by atoms with E-state index < -0.39 is 17.4 Å². The third kappa shape index (κ3) is 3.10. The standard InChI is InChI=1S/C11H14ClN3O2/c1-11(2,10(14)17)15-9(16)6-3-4-8(13)7(12)5-6/h3-5H,13H2,1-2H3,(H2,14,17)(H,15,16). The van der Waals surface area contributed by atoms with Crippen LogP contribution in [0.2, 0.25) is 5.02 Å². The number of halogens is 1. The second-order valence-corrected chi connectivity index (χ2v) is 4.59. The molecule has 17 heavy (non-hydrogen) atoms. The molecule has 0 saturated heterocycles. The van der Waals surface area contributed by atoms with E-state index >= 15 is 0 Å². The van der Waals surface area contributed by atoms with Crippen LogP contribution in [0.25, 0.3) is 0 Å². The number of primary amides is 1. The van der Waals surface area contributed by atoms with Gasteiger partial charge in [-0.15, -0.1) is 0 Å². The molecule has 0 aliphatic carbocycles. The molecule has 2 amide bonds. The number of carbonyl (C=O) groups excluding carboxylic acids is 2. The highest BCUT2D eigenvalue weighted by Gasteiger charge is 2.27. The van der Waals surface area contributed by atoms with Gasteiger partial charge in [-0.25, -0.2) is 0 Å². The zero-order valence-electron chi connectivity index (χ0n) is 9.58. The van der Waals surface area contributed by atoms with Crippen molar-refractivity contribution in [3.05, 3.63) is 28.8 Å². The summed E-state index contributed by atoms with van der Waals surface area (Å²) in [5.41, 5.74) is 10.3. The van der Waals surface area contributed by atoms with Crippen LogP contribution in [0.1, 0.15) is 24.2 Å². The summed E-state index contributed by atoms with van der Waals surface area (Å²) in [7, 11) is 0. The lowest BCUT2D eigenvalue weighted by atomic mass is 10.0. The molecular weight excluding hydrogens is 242 g/mol. The maximum Gasteiger partial charge on any atom is 0.252 e. The van der Waals surface area contributed by atoms with Crippen LogP contribution in [0.15, 0.2) is 18.2 Å². The van der Waals surface area contributed by atoms with Crippen molar-refractivity contribution in [1.29, 1.82) is 0 Å². The number of nitrogens with two attached hydrogens (primary N) is 2. The Hall–Kier alpha value is -1.75. The predicted octanol–water partition coefficient (Wildman–Crippen LogP) is 0.916. The number of amides is 2. The summed E-state index contributed by atoms with van der Waals surface area (Å²) in [6.07, 6.45) is 0.